The number of anilines is 1. The molecular weight excluding hydrogens is 378 g/mol. The molecule has 3 rings (SSSR count). The Morgan fingerprint density at radius 2 is 1.93 bits per heavy atom. The van der Waals surface area contributed by atoms with E-state index in [1.807, 2.05) is 19.3 Å². The Morgan fingerprint density at radius 3 is 2.53 bits per heavy atom. The molecule has 0 bridgehead atoms. The van der Waals surface area contributed by atoms with E-state index in [-0.39, 0.29) is 11.8 Å². The molecule has 0 atom stereocenters. The predicted molar refractivity (Wildman–Crippen MR) is 121 cm³/mol. The average molecular weight is 416 g/mol. The molecule has 0 radical (unpaired) electrons. The van der Waals surface area contributed by atoms with Crippen molar-refractivity contribution in [3.63, 3.8) is 0 Å². The highest BCUT2D eigenvalue weighted by molar-refractivity contribution is 5.80. The summed E-state index contributed by atoms with van der Waals surface area (Å²) in [5, 5.41) is 7.04. The van der Waals surface area contributed by atoms with Gasteiger partial charge >= 0.3 is 0 Å². The van der Waals surface area contributed by atoms with Crippen LogP contribution in [0, 0.1) is 5.92 Å². The third-order valence-corrected chi connectivity index (χ3v) is 6.33. The van der Waals surface area contributed by atoms with E-state index < -0.39 is 0 Å². The number of rotatable bonds is 6. The number of primary amides is 1. The molecule has 166 valence electrons. The quantitative estimate of drug-likeness (QED) is 0.479. The first-order valence-electron chi connectivity index (χ1n) is 11.2. The fourth-order valence-electron chi connectivity index (χ4n) is 4.36. The van der Waals surface area contributed by atoms with Crippen molar-refractivity contribution >= 4 is 17.7 Å². The van der Waals surface area contributed by atoms with Crippen LogP contribution < -0.4 is 21.3 Å². The maximum absolute atomic E-state index is 11.4. The summed E-state index contributed by atoms with van der Waals surface area (Å²) < 4.78 is 0. The number of nitrogens with zero attached hydrogens (tertiary/aromatic N) is 4. The van der Waals surface area contributed by atoms with Gasteiger partial charge in [-0.2, -0.15) is 0 Å². The molecule has 8 nitrogen and oxygen atoms in total. The van der Waals surface area contributed by atoms with Crippen molar-refractivity contribution in [1.82, 2.24) is 20.5 Å². The second-order valence-corrected chi connectivity index (χ2v) is 8.62. The number of piperidine rings is 2. The van der Waals surface area contributed by atoms with E-state index in [2.05, 4.69) is 50.3 Å². The molecule has 2 fully saturated rings. The molecule has 1 aromatic rings. The van der Waals surface area contributed by atoms with Gasteiger partial charge in [0.05, 0.1) is 0 Å². The number of amides is 1. The smallest absolute Gasteiger partial charge is 0.220 e. The maximum atomic E-state index is 11.4. The number of hydrogen-bond acceptors (Lipinski definition) is 5. The molecular formula is C22H37N7O. The van der Waals surface area contributed by atoms with Crippen LogP contribution in [0.5, 0.6) is 0 Å². The van der Waals surface area contributed by atoms with Crippen molar-refractivity contribution in [3.05, 3.63) is 23.9 Å². The highest BCUT2D eigenvalue weighted by Crippen LogP contribution is 2.24. The lowest BCUT2D eigenvalue weighted by Crippen LogP contribution is -2.49. The van der Waals surface area contributed by atoms with E-state index in [0.717, 1.165) is 69.2 Å². The number of guanidine groups is 1. The fraction of sp³-hybridized carbons (Fsp3) is 0.682. The Bertz CT molecular complexity index is 720. The molecule has 1 aromatic heterocycles. The number of nitrogens with one attached hydrogen (secondary N) is 2. The Balaban J connectivity index is 1.53. The van der Waals surface area contributed by atoms with Crippen molar-refractivity contribution in [3.8, 4) is 0 Å². The van der Waals surface area contributed by atoms with Gasteiger partial charge < -0.3 is 26.2 Å². The number of nitrogens with two attached hydrogens (primary N) is 1. The molecule has 8 heteroatoms. The van der Waals surface area contributed by atoms with Gasteiger partial charge in [0.15, 0.2) is 5.96 Å². The van der Waals surface area contributed by atoms with Crippen LogP contribution in [0.15, 0.2) is 23.3 Å². The van der Waals surface area contributed by atoms with Crippen molar-refractivity contribution in [1.29, 1.82) is 0 Å². The summed E-state index contributed by atoms with van der Waals surface area (Å²) in [6.07, 6.45) is 5.67. The van der Waals surface area contributed by atoms with Crippen LogP contribution in [0.3, 0.4) is 0 Å². The highest BCUT2D eigenvalue weighted by atomic mass is 16.1. The number of likely N-dealkylation sites (tertiary alicyclic amines) is 1. The molecule has 0 spiro atoms. The lowest BCUT2D eigenvalue weighted by Gasteiger charge is -2.35. The first-order chi connectivity index (χ1) is 14.5. The zero-order valence-corrected chi connectivity index (χ0v) is 18.6. The Hall–Kier alpha value is -2.35. The summed E-state index contributed by atoms with van der Waals surface area (Å²) in [5.74, 6) is 1.61. The van der Waals surface area contributed by atoms with Crippen molar-refractivity contribution in [2.24, 2.45) is 16.6 Å². The lowest BCUT2D eigenvalue weighted by atomic mass is 9.96. The zero-order valence-electron chi connectivity index (χ0n) is 18.6. The molecule has 4 N–H and O–H groups in total. The van der Waals surface area contributed by atoms with Crippen LogP contribution >= 0.6 is 0 Å². The third-order valence-electron chi connectivity index (χ3n) is 6.33. The van der Waals surface area contributed by atoms with Gasteiger partial charge in [-0.05, 0) is 45.6 Å². The van der Waals surface area contributed by atoms with E-state index in [1.165, 1.54) is 0 Å². The standard InChI is InChI=1S/C22H37N7O/c1-16(2)28-13-8-19(9-14-28)27-22(24-3)26-15-18-5-4-10-25-21(18)29-11-6-17(7-12-29)20(23)30/h4-5,10,16-17,19H,6-9,11-15H2,1-3H3,(H2,23,30)(H2,24,26,27). The maximum Gasteiger partial charge on any atom is 0.220 e. The van der Waals surface area contributed by atoms with E-state index in [0.29, 0.717) is 18.6 Å². The van der Waals surface area contributed by atoms with Gasteiger partial charge in [-0.15, -0.1) is 0 Å². The average Bonchev–Trinajstić information content (AvgIpc) is 2.77. The van der Waals surface area contributed by atoms with Gasteiger partial charge in [-0.25, -0.2) is 4.98 Å². The molecule has 0 aliphatic carbocycles. The van der Waals surface area contributed by atoms with Gasteiger partial charge in [0.2, 0.25) is 5.91 Å². The van der Waals surface area contributed by atoms with Crippen LogP contribution in [-0.4, -0.2) is 67.1 Å². The highest BCUT2D eigenvalue weighted by Gasteiger charge is 2.25. The number of aromatic nitrogens is 1. The van der Waals surface area contributed by atoms with E-state index in [1.54, 1.807) is 0 Å². The van der Waals surface area contributed by atoms with E-state index >= 15 is 0 Å². The summed E-state index contributed by atoms with van der Waals surface area (Å²) in [6, 6.07) is 5.13. The minimum Gasteiger partial charge on any atom is -0.369 e. The molecule has 2 saturated heterocycles. The van der Waals surface area contributed by atoms with Crippen molar-refractivity contribution in [2.45, 2.75) is 58.2 Å². The Kier molecular flexibility index (Phi) is 7.90. The second kappa shape index (κ2) is 10.6. The minimum atomic E-state index is -0.188. The summed E-state index contributed by atoms with van der Waals surface area (Å²) in [7, 11) is 1.82. The summed E-state index contributed by atoms with van der Waals surface area (Å²) in [6.45, 7) is 9.04. The summed E-state index contributed by atoms with van der Waals surface area (Å²) in [4.78, 5) is 25.3. The normalized spacial score (nSPS) is 19.9. The SMILES string of the molecule is CN=C(NCc1cccnc1N1CCC(C(N)=O)CC1)NC1CCN(C(C)C)CC1. The Morgan fingerprint density at radius 1 is 1.23 bits per heavy atom. The summed E-state index contributed by atoms with van der Waals surface area (Å²) >= 11 is 0. The lowest BCUT2D eigenvalue weighted by molar-refractivity contribution is -0.122. The summed E-state index contributed by atoms with van der Waals surface area (Å²) in [5.41, 5.74) is 6.60. The fourth-order valence-corrected chi connectivity index (χ4v) is 4.36. The largest absolute Gasteiger partial charge is 0.369 e. The van der Waals surface area contributed by atoms with Crippen molar-refractivity contribution in [2.75, 3.05) is 38.1 Å². The predicted octanol–water partition coefficient (Wildman–Crippen LogP) is 1.32. The van der Waals surface area contributed by atoms with Crippen LogP contribution in [0.25, 0.3) is 0 Å². The van der Waals surface area contributed by atoms with Gasteiger partial charge in [0.25, 0.3) is 0 Å². The van der Waals surface area contributed by atoms with E-state index in [4.69, 9.17) is 5.73 Å². The minimum absolute atomic E-state index is 0.0170. The monoisotopic (exact) mass is 415 g/mol. The van der Waals surface area contributed by atoms with Crippen LogP contribution in [0.2, 0.25) is 0 Å². The van der Waals surface area contributed by atoms with Crippen LogP contribution in [0.4, 0.5) is 5.82 Å². The number of carbonyl (C=O) groups excluding carboxylic acids is 1. The van der Waals surface area contributed by atoms with Gasteiger partial charge in [-0.3, -0.25) is 9.79 Å². The van der Waals surface area contributed by atoms with Gasteiger partial charge in [-0.1, -0.05) is 6.07 Å². The molecule has 2 aliphatic rings. The second-order valence-electron chi connectivity index (χ2n) is 8.62. The topological polar surface area (TPSA) is 98.9 Å². The van der Waals surface area contributed by atoms with E-state index in [9.17, 15) is 4.79 Å². The van der Waals surface area contributed by atoms with Crippen LogP contribution in [0.1, 0.15) is 45.1 Å². The molecule has 0 saturated carbocycles. The number of pyridine rings is 1. The molecule has 1 amide bonds. The van der Waals surface area contributed by atoms with Crippen LogP contribution in [-0.2, 0) is 11.3 Å². The Labute approximate surface area is 180 Å². The number of carbonyl (C=O) groups is 1. The molecule has 30 heavy (non-hydrogen) atoms. The number of hydrogen-bond donors (Lipinski definition) is 3. The first-order valence-corrected chi connectivity index (χ1v) is 11.2. The first kappa shape index (κ1) is 22.3. The van der Waals surface area contributed by atoms with Crippen molar-refractivity contribution < 1.29 is 4.79 Å². The molecule has 0 aromatic carbocycles. The molecule has 3 heterocycles. The van der Waals surface area contributed by atoms with Gasteiger partial charge in [0.1, 0.15) is 5.82 Å². The third kappa shape index (κ3) is 5.84. The molecule has 2 aliphatic heterocycles. The van der Waals surface area contributed by atoms with Gasteiger partial charge in [0, 0.05) is 69.5 Å². The number of aliphatic imine (C=N–C) groups is 1. The zero-order chi connectivity index (χ0) is 21.5. The molecule has 0 unspecified atom stereocenters.